The lowest BCUT2D eigenvalue weighted by Crippen LogP contribution is -2.58. The highest BCUT2D eigenvalue weighted by Gasteiger charge is 2.47. The third-order valence-corrected chi connectivity index (χ3v) is 3.73. The van der Waals surface area contributed by atoms with E-state index >= 15 is 0 Å². The van der Waals surface area contributed by atoms with Crippen molar-refractivity contribution in [3.8, 4) is 0 Å². The second-order valence-corrected chi connectivity index (χ2v) is 5.34. The summed E-state index contributed by atoms with van der Waals surface area (Å²) in [7, 11) is 1.34. The highest BCUT2D eigenvalue weighted by atomic mass is 19.4. The molecule has 7 heteroatoms. The van der Waals surface area contributed by atoms with Crippen LogP contribution in [0.1, 0.15) is 19.4 Å². The van der Waals surface area contributed by atoms with Crippen LogP contribution in [0.2, 0.25) is 0 Å². The van der Waals surface area contributed by atoms with Gasteiger partial charge in [-0.15, -0.1) is 0 Å². The SMILES string of the molecule is COC1(C(C)C)NC(C(F)(F)F)=CC(c2ccncc2)=C1N. The zero-order chi connectivity index (χ0) is 16.5. The van der Waals surface area contributed by atoms with Gasteiger partial charge < -0.3 is 15.8 Å². The molecule has 0 spiro atoms. The molecule has 2 rings (SSSR count). The van der Waals surface area contributed by atoms with Crippen molar-refractivity contribution in [1.82, 2.24) is 10.3 Å². The van der Waals surface area contributed by atoms with Crippen molar-refractivity contribution in [2.24, 2.45) is 11.7 Å². The third kappa shape index (κ3) is 2.68. The fourth-order valence-electron chi connectivity index (χ4n) is 2.50. The van der Waals surface area contributed by atoms with E-state index in [1.807, 2.05) is 0 Å². The van der Waals surface area contributed by atoms with Gasteiger partial charge in [0.2, 0.25) is 0 Å². The van der Waals surface area contributed by atoms with Crippen LogP contribution in [0.15, 0.2) is 42.0 Å². The van der Waals surface area contributed by atoms with Crippen LogP contribution in [0, 0.1) is 5.92 Å². The molecule has 0 aromatic carbocycles. The number of nitrogens with zero attached hydrogens (tertiary/aromatic N) is 1. The predicted octanol–water partition coefficient (Wildman–Crippen LogP) is 2.80. The Kier molecular flexibility index (Phi) is 4.19. The number of methoxy groups -OCH3 is 1. The van der Waals surface area contributed by atoms with Gasteiger partial charge in [-0.25, -0.2) is 0 Å². The number of allylic oxidation sites excluding steroid dienone is 3. The largest absolute Gasteiger partial charge is 0.431 e. The Balaban J connectivity index is 2.68. The van der Waals surface area contributed by atoms with Gasteiger partial charge in [-0.1, -0.05) is 13.8 Å². The zero-order valence-corrected chi connectivity index (χ0v) is 12.5. The van der Waals surface area contributed by atoms with Crippen molar-refractivity contribution in [1.29, 1.82) is 0 Å². The summed E-state index contributed by atoms with van der Waals surface area (Å²) in [5.74, 6) is -0.319. The molecule has 1 aliphatic rings. The normalized spacial score (nSPS) is 22.6. The van der Waals surface area contributed by atoms with Crippen LogP contribution in [0.25, 0.3) is 5.57 Å². The highest BCUT2D eigenvalue weighted by Crippen LogP contribution is 2.39. The molecule has 3 N–H and O–H groups in total. The molecule has 1 aromatic heterocycles. The second-order valence-electron chi connectivity index (χ2n) is 5.34. The lowest BCUT2D eigenvalue weighted by molar-refractivity contribution is -0.117. The molecule has 0 saturated heterocycles. The van der Waals surface area contributed by atoms with Crippen LogP contribution in [0.4, 0.5) is 13.2 Å². The van der Waals surface area contributed by atoms with Crippen LogP contribution < -0.4 is 11.1 Å². The van der Waals surface area contributed by atoms with Gasteiger partial charge in [0, 0.05) is 31.0 Å². The number of aromatic nitrogens is 1. The summed E-state index contributed by atoms with van der Waals surface area (Å²) in [6, 6.07) is 3.22. The van der Waals surface area contributed by atoms with Crippen LogP contribution in [0.3, 0.4) is 0 Å². The van der Waals surface area contributed by atoms with E-state index in [-0.39, 0.29) is 17.2 Å². The number of halogens is 3. The minimum Gasteiger partial charge on any atom is -0.398 e. The van der Waals surface area contributed by atoms with E-state index in [9.17, 15) is 13.2 Å². The molecule has 2 heterocycles. The number of pyridine rings is 1. The van der Waals surface area contributed by atoms with Crippen molar-refractivity contribution in [2.45, 2.75) is 25.7 Å². The molecule has 0 fully saturated rings. The first-order valence-corrected chi connectivity index (χ1v) is 6.75. The van der Waals surface area contributed by atoms with Gasteiger partial charge in [-0.2, -0.15) is 13.2 Å². The molecule has 1 unspecified atom stereocenters. The summed E-state index contributed by atoms with van der Waals surface area (Å²) in [6.45, 7) is 3.49. The topological polar surface area (TPSA) is 60.2 Å². The van der Waals surface area contributed by atoms with E-state index in [0.29, 0.717) is 5.56 Å². The van der Waals surface area contributed by atoms with Crippen molar-refractivity contribution in [3.63, 3.8) is 0 Å². The fourth-order valence-corrected chi connectivity index (χ4v) is 2.50. The lowest BCUT2D eigenvalue weighted by atomic mass is 9.87. The number of alkyl halides is 3. The van der Waals surface area contributed by atoms with Crippen molar-refractivity contribution >= 4 is 5.57 Å². The Morgan fingerprint density at radius 3 is 2.32 bits per heavy atom. The van der Waals surface area contributed by atoms with E-state index in [2.05, 4.69) is 10.3 Å². The molecule has 4 nitrogen and oxygen atoms in total. The smallest absolute Gasteiger partial charge is 0.398 e. The van der Waals surface area contributed by atoms with E-state index in [4.69, 9.17) is 10.5 Å². The summed E-state index contributed by atoms with van der Waals surface area (Å²) in [6.07, 6.45) is -0.521. The Bertz CT molecular complexity index is 608. The van der Waals surface area contributed by atoms with Crippen LogP contribution in [0.5, 0.6) is 0 Å². The lowest BCUT2D eigenvalue weighted by Gasteiger charge is -2.42. The van der Waals surface area contributed by atoms with Gasteiger partial charge >= 0.3 is 6.18 Å². The molecule has 22 heavy (non-hydrogen) atoms. The van der Waals surface area contributed by atoms with E-state index in [1.54, 1.807) is 26.0 Å². The summed E-state index contributed by atoms with van der Waals surface area (Å²) in [4.78, 5) is 3.87. The molecule has 0 radical (unpaired) electrons. The number of rotatable bonds is 3. The van der Waals surface area contributed by atoms with Gasteiger partial charge in [0.05, 0.1) is 5.70 Å². The van der Waals surface area contributed by atoms with Crippen molar-refractivity contribution in [2.75, 3.05) is 7.11 Å². The molecule has 1 aromatic rings. The van der Waals surface area contributed by atoms with Gasteiger partial charge in [-0.3, -0.25) is 4.98 Å². The third-order valence-electron chi connectivity index (χ3n) is 3.73. The molecular weight excluding hydrogens is 295 g/mol. The number of nitrogens with one attached hydrogen (secondary N) is 1. The van der Waals surface area contributed by atoms with Crippen LogP contribution >= 0.6 is 0 Å². The number of ether oxygens (including phenoxy) is 1. The molecule has 120 valence electrons. The first-order chi connectivity index (χ1) is 10.2. The van der Waals surface area contributed by atoms with Crippen molar-refractivity contribution in [3.05, 3.63) is 47.6 Å². The van der Waals surface area contributed by atoms with Gasteiger partial charge in [0.25, 0.3) is 0 Å². The molecule has 1 aliphatic heterocycles. The fraction of sp³-hybridized carbons (Fsp3) is 0.400. The van der Waals surface area contributed by atoms with Gasteiger partial charge in [-0.05, 0) is 23.8 Å². The number of hydrogen-bond acceptors (Lipinski definition) is 4. The quantitative estimate of drug-likeness (QED) is 0.901. The summed E-state index contributed by atoms with van der Waals surface area (Å²) >= 11 is 0. The maximum absolute atomic E-state index is 13.2. The average molecular weight is 313 g/mol. The summed E-state index contributed by atoms with van der Waals surface area (Å²) < 4.78 is 45.1. The standard InChI is InChI=1S/C15H18F3N3O/c1-9(2)14(22-3)13(19)11(10-4-6-20-7-5-10)8-12(21-14)15(16,17)18/h4-9,21H,19H2,1-3H3. The first-order valence-electron chi connectivity index (χ1n) is 6.75. The molecule has 0 amide bonds. The Morgan fingerprint density at radius 1 is 1.27 bits per heavy atom. The molecule has 0 aliphatic carbocycles. The summed E-state index contributed by atoms with van der Waals surface area (Å²) in [5, 5.41) is 2.42. The monoisotopic (exact) mass is 313 g/mol. The Hall–Kier alpha value is -2.02. The minimum absolute atomic E-state index is 0.212. The van der Waals surface area contributed by atoms with E-state index < -0.39 is 17.6 Å². The van der Waals surface area contributed by atoms with Crippen LogP contribution in [-0.2, 0) is 4.74 Å². The van der Waals surface area contributed by atoms with E-state index in [0.717, 1.165) is 6.08 Å². The number of dihydropyridines is 1. The number of nitrogens with two attached hydrogens (primary N) is 1. The maximum Gasteiger partial charge on any atom is 0.431 e. The Morgan fingerprint density at radius 2 is 1.86 bits per heavy atom. The number of hydrogen-bond donors (Lipinski definition) is 2. The molecule has 0 bridgehead atoms. The summed E-state index contributed by atoms with van der Waals surface area (Å²) in [5.41, 5.74) is 4.91. The van der Waals surface area contributed by atoms with Crippen molar-refractivity contribution < 1.29 is 17.9 Å². The van der Waals surface area contributed by atoms with Gasteiger partial charge in [0.15, 0.2) is 5.72 Å². The average Bonchev–Trinajstić information content (AvgIpc) is 2.47. The second kappa shape index (κ2) is 5.64. The Labute approximate surface area is 126 Å². The van der Waals surface area contributed by atoms with Crippen LogP contribution in [-0.4, -0.2) is 24.0 Å². The highest BCUT2D eigenvalue weighted by molar-refractivity contribution is 5.79. The molecule has 1 atom stereocenters. The van der Waals surface area contributed by atoms with Gasteiger partial charge in [0.1, 0.15) is 5.70 Å². The molecular formula is C15H18F3N3O. The predicted molar refractivity (Wildman–Crippen MR) is 77.2 cm³/mol. The van der Waals surface area contributed by atoms with E-state index in [1.165, 1.54) is 19.5 Å². The first kappa shape index (κ1) is 16.4. The molecule has 0 saturated carbocycles. The maximum atomic E-state index is 13.2. The zero-order valence-electron chi connectivity index (χ0n) is 12.5. The minimum atomic E-state index is -4.53.